The number of halogens is 3. The molecule has 0 aromatic heterocycles. The number of nitrogens with one attached hydrogen (secondary N) is 2. The zero-order chi connectivity index (χ0) is 18.4. The second-order valence-electron chi connectivity index (χ2n) is 5.82. The maximum atomic E-state index is 12.6. The molecule has 6 nitrogen and oxygen atoms in total. The number of rotatable bonds is 6. The number of likely N-dealkylation sites (tertiary alicyclic amines) is 1. The first-order chi connectivity index (χ1) is 11.8. The van der Waals surface area contributed by atoms with Crippen molar-refractivity contribution in [3.8, 4) is 0 Å². The number of amides is 3. The molecule has 0 aliphatic carbocycles. The molecular formula is C16H20F3N3O3. The van der Waals surface area contributed by atoms with Crippen molar-refractivity contribution in [3.05, 3.63) is 29.8 Å². The van der Waals surface area contributed by atoms with Crippen molar-refractivity contribution in [2.75, 3.05) is 38.7 Å². The van der Waals surface area contributed by atoms with Crippen LogP contribution in [-0.4, -0.2) is 50.2 Å². The third kappa shape index (κ3) is 5.63. The minimum Gasteiger partial charge on any atom is -0.383 e. The SMILES string of the molecule is COCCN1CC(CNC(=O)Nc2cccc(C(F)(F)F)c2)CC1=O. The Hall–Kier alpha value is -2.29. The smallest absolute Gasteiger partial charge is 0.383 e. The molecule has 9 heteroatoms. The molecule has 0 radical (unpaired) electrons. The van der Waals surface area contributed by atoms with Crippen LogP contribution in [0.25, 0.3) is 0 Å². The van der Waals surface area contributed by atoms with Gasteiger partial charge in [0.25, 0.3) is 0 Å². The number of hydrogen-bond acceptors (Lipinski definition) is 3. The zero-order valence-electron chi connectivity index (χ0n) is 13.7. The Morgan fingerprint density at radius 2 is 2.16 bits per heavy atom. The van der Waals surface area contributed by atoms with Crippen molar-refractivity contribution in [1.29, 1.82) is 0 Å². The van der Waals surface area contributed by atoms with Crippen LogP contribution in [-0.2, 0) is 15.7 Å². The summed E-state index contributed by atoms with van der Waals surface area (Å²) in [6.45, 7) is 1.73. The second kappa shape index (κ2) is 8.19. The normalized spacial score (nSPS) is 17.7. The number of urea groups is 1. The predicted molar refractivity (Wildman–Crippen MR) is 85.0 cm³/mol. The van der Waals surface area contributed by atoms with Gasteiger partial charge in [-0.3, -0.25) is 4.79 Å². The van der Waals surface area contributed by atoms with Gasteiger partial charge >= 0.3 is 12.2 Å². The predicted octanol–water partition coefficient (Wildman–Crippen LogP) is 2.32. The lowest BCUT2D eigenvalue weighted by molar-refractivity contribution is -0.137. The summed E-state index contributed by atoms with van der Waals surface area (Å²) in [6, 6.07) is 3.79. The van der Waals surface area contributed by atoms with Gasteiger partial charge in [-0.15, -0.1) is 0 Å². The molecule has 1 aliphatic rings. The molecule has 0 bridgehead atoms. The Kier molecular flexibility index (Phi) is 6.24. The number of carbonyl (C=O) groups is 2. The van der Waals surface area contributed by atoms with Gasteiger partial charge in [-0.05, 0) is 18.2 Å². The fourth-order valence-corrected chi connectivity index (χ4v) is 2.59. The molecule has 1 heterocycles. The van der Waals surface area contributed by atoms with Crippen molar-refractivity contribution in [3.63, 3.8) is 0 Å². The summed E-state index contributed by atoms with van der Waals surface area (Å²) in [5.74, 6) is -0.0289. The number of nitrogens with zero attached hydrogens (tertiary/aromatic N) is 1. The monoisotopic (exact) mass is 359 g/mol. The van der Waals surface area contributed by atoms with E-state index < -0.39 is 17.8 Å². The lowest BCUT2D eigenvalue weighted by Crippen LogP contribution is -2.34. The van der Waals surface area contributed by atoms with Gasteiger partial charge in [0.2, 0.25) is 5.91 Å². The van der Waals surface area contributed by atoms with Gasteiger partial charge in [0.1, 0.15) is 0 Å². The number of ether oxygens (including phenoxy) is 1. The van der Waals surface area contributed by atoms with Crippen molar-refractivity contribution >= 4 is 17.6 Å². The standard InChI is InChI=1S/C16H20F3N3O3/c1-25-6-5-22-10-11(7-14(22)23)9-20-15(24)21-13-4-2-3-12(8-13)16(17,18)19/h2-4,8,11H,5-7,9-10H2,1H3,(H2,20,21,24). The zero-order valence-corrected chi connectivity index (χ0v) is 13.7. The average molecular weight is 359 g/mol. The molecule has 1 saturated heterocycles. The molecule has 1 aromatic carbocycles. The molecule has 1 aliphatic heterocycles. The lowest BCUT2D eigenvalue weighted by Gasteiger charge is -2.16. The number of carbonyl (C=O) groups excluding carboxylic acids is 2. The van der Waals surface area contributed by atoms with Crippen LogP contribution in [0.1, 0.15) is 12.0 Å². The molecule has 3 amide bonds. The van der Waals surface area contributed by atoms with E-state index in [1.54, 1.807) is 12.0 Å². The molecule has 1 fully saturated rings. The van der Waals surface area contributed by atoms with Crippen LogP contribution in [0.2, 0.25) is 0 Å². The highest BCUT2D eigenvalue weighted by Gasteiger charge is 2.31. The van der Waals surface area contributed by atoms with E-state index in [0.29, 0.717) is 26.1 Å². The third-order valence-electron chi connectivity index (χ3n) is 3.86. The van der Waals surface area contributed by atoms with Crippen LogP contribution in [0, 0.1) is 5.92 Å². The van der Waals surface area contributed by atoms with E-state index in [1.807, 2.05) is 0 Å². The Morgan fingerprint density at radius 1 is 1.40 bits per heavy atom. The molecule has 1 atom stereocenters. The van der Waals surface area contributed by atoms with E-state index in [4.69, 9.17) is 4.74 Å². The Balaban J connectivity index is 1.81. The summed E-state index contributed by atoms with van der Waals surface area (Å²) in [5, 5.41) is 4.95. The van der Waals surface area contributed by atoms with E-state index in [9.17, 15) is 22.8 Å². The van der Waals surface area contributed by atoms with Crippen molar-refractivity contribution < 1.29 is 27.5 Å². The van der Waals surface area contributed by atoms with E-state index in [-0.39, 0.29) is 24.1 Å². The van der Waals surface area contributed by atoms with E-state index in [1.165, 1.54) is 12.1 Å². The van der Waals surface area contributed by atoms with Crippen LogP contribution in [0.5, 0.6) is 0 Å². The first-order valence-corrected chi connectivity index (χ1v) is 7.78. The van der Waals surface area contributed by atoms with Crippen molar-refractivity contribution in [1.82, 2.24) is 10.2 Å². The first-order valence-electron chi connectivity index (χ1n) is 7.78. The number of methoxy groups -OCH3 is 1. The molecule has 138 valence electrons. The van der Waals surface area contributed by atoms with Gasteiger partial charge in [0.15, 0.2) is 0 Å². The quantitative estimate of drug-likeness (QED) is 0.819. The maximum Gasteiger partial charge on any atom is 0.416 e. The van der Waals surface area contributed by atoms with Gasteiger partial charge in [0, 0.05) is 44.8 Å². The fraction of sp³-hybridized carbons (Fsp3) is 0.500. The van der Waals surface area contributed by atoms with Crippen LogP contribution >= 0.6 is 0 Å². The molecule has 1 aromatic rings. The van der Waals surface area contributed by atoms with Gasteiger partial charge < -0.3 is 20.3 Å². The summed E-state index contributed by atoms with van der Waals surface area (Å²) in [6.07, 6.45) is -4.14. The molecule has 0 spiro atoms. The first kappa shape index (κ1) is 19.0. The minimum absolute atomic E-state index is 0.00198. The van der Waals surface area contributed by atoms with Crippen LogP contribution in [0.15, 0.2) is 24.3 Å². The summed E-state index contributed by atoms with van der Waals surface area (Å²) in [7, 11) is 1.55. The van der Waals surface area contributed by atoms with Gasteiger partial charge in [-0.25, -0.2) is 4.79 Å². The third-order valence-corrected chi connectivity index (χ3v) is 3.86. The van der Waals surface area contributed by atoms with Crippen LogP contribution in [0.4, 0.5) is 23.7 Å². The van der Waals surface area contributed by atoms with E-state index >= 15 is 0 Å². The highest BCUT2D eigenvalue weighted by atomic mass is 19.4. The Bertz CT molecular complexity index is 622. The van der Waals surface area contributed by atoms with Crippen LogP contribution < -0.4 is 10.6 Å². The van der Waals surface area contributed by atoms with E-state index in [0.717, 1.165) is 12.1 Å². The number of benzene rings is 1. The van der Waals surface area contributed by atoms with Crippen molar-refractivity contribution in [2.24, 2.45) is 5.92 Å². The molecule has 25 heavy (non-hydrogen) atoms. The summed E-state index contributed by atoms with van der Waals surface area (Å²) < 4.78 is 42.9. The summed E-state index contributed by atoms with van der Waals surface area (Å²) in [5.41, 5.74) is -0.781. The van der Waals surface area contributed by atoms with Crippen molar-refractivity contribution in [2.45, 2.75) is 12.6 Å². The molecule has 2 rings (SSSR count). The summed E-state index contributed by atoms with van der Waals surface area (Å²) in [4.78, 5) is 25.3. The minimum atomic E-state index is -4.47. The second-order valence-corrected chi connectivity index (χ2v) is 5.82. The topological polar surface area (TPSA) is 70.7 Å². The van der Waals surface area contributed by atoms with Gasteiger partial charge in [0.05, 0.1) is 12.2 Å². The molecule has 2 N–H and O–H groups in total. The van der Waals surface area contributed by atoms with Crippen LogP contribution in [0.3, 0.4) is 0 Å². The highest BCUT2D eigenvalue weighted by molar-refractivity contribution is 5.89. The summed E-state index contributed by atoms with van der Waals surface area (Å²) >= 11 is 0. The fourth-order valence-electron chi connectivity index (χ4n) is 2.59. The largest absolute Gasteiger partial charge is 0.416 e. The van der Waals surface area contributed by atoms with Gasteiger partial charge in [-0.1, -0.05) is 6.07 Å². The number of hydrogen-bond donors (Lipinski definition) is 2. The van der Waals surface area contributed by atoms with Gasteiger partial charge in [-0.2, -0.15) is 13.2 Å². The number of anilines is 1. The molecule has 1 unspecified atom stereocenters. The number of alkyl halides is 3. The molecule has 0 saturated carbocycles. The average Bonchev–Trinajstić information content (AvgIpc) is 2.90. The maximum absolute atomic E-state index is 12.6. The molecular weight excluding hydrogens is 339 g/mol. The Morgan fingerprint density at radius 3 is 2.84 bits per heavy atom. The lowest BCUT2D eigenvalue weighted by atomic mass is 10.1. The van der Waals surface area contributed by atoms with E-state index in [2.05, 4.69) is 10.6 Å². The highest BCUT2D eigenvalue weighted by Crippen LogP contribution is 2.30. The Labute approximate surface area is 143 Å².